The predicted octanol–water partition coefficient (Wildman–Crippen LogP) is 0.131. The number of hydrogen-bond donors (Lipinski definition) is 1. The topological polar surface area (TPSA) is 46.3 Å². The van der Waals surface area contributed by atoms with Gasteiger partial charge in [-0.15, -0.1) is 0 Å². The zero-order chi connectivity index (χ0) is 5.98. The van der Waals surface area contributed by atoms with Crippen molar-refractivity contribution >= 4 is 18.0 Å². The van der Waals surface area contributed by atoms with E-state index in [9.17, 15) is 4.79 Å². The lowest BCUT2D eigenvalue weighted by atomic mass is 10.4. The summed E-state index contributed by atoms with van der Waals surface area (Å²) in [6.07, 6.45) is 1.63. The predicted molar refractivity (Wildman–Crippen MR) is 32.7 cm³/mol. The average molecular weight is 132 g/mol. The largest absolute Gasteiger partial charge is 0.274 e. The first-order chi connectivity index (χ1) is 3.84. The Balaban J connectivity index is 2.42. The van der Waals surface area contributed by atoms with E-state index in [0.29, 0.717) is 6.42 Å². The minimum atomic E-state index is 0.164. The maximum Gasteiger partial charge on any atom is 0.233 e. The molecule has 1 heterocycles. The van der Waals surface area contributed by atoms with Crippen LogP contribution in [-0.4, -0.2) is 16.8 Å². The molecule has 0 radical (unpaired) electrons. The van der Waals surface area contributed by atoms with Crippen molar-refractivity contribution in [3.63, 3.8) is 0 Å². The van der Waals surface area contributed by atoms with E-state index in [1.165, 1.54) is 0 Å². The molecule has 1 fully saturated rings. The van der Waals surface area contributed by atoms with Crippen LogP contribution >= 0.6 is 12.1 Å². The number of hydrogen-bond acceptors (Lipinski definition) is 3. The van der Waals surface area contributed by atoms with Gasteiger partial charge < -0.3 is 0 Å². The Morgan fingerprint density at radius 3 is 2.75 bits per heavy atom. The van der Waals surface area contributed by atoms with Crippen LogP contribution in [0.2, 0.25) is 0 Å². The maximum atomic E-state index is 10.6. The summed E-state index contributed by atoms with van der Waals surface area (Å²) in [5, 5.41) is 5.15. The molecule has 1 saturated heterocycles. The number of nitrogens with zero attached hydrogens (tertiary/aromatic N) is 1. The Morgan fingerprint density at radius 2 is 2.50 bits per heavy atom. The Bertz CT molecular complexity index is 106. The van der Waals surface area contributed by atoms with Crippen molar-refractivity contribution in [2.45, 2.75) is 12.8 Å². The average Bonchev–Trinajstić information content (AvgIpc) is 2.14. The van der Waals surface area contributed by atoms with Crippen molar-refractivity contribution in [1.82, 2.24) is 4.31 Å². The van der Waals surface area contributed by atoms with Crippen LogP contribution in [0, 0.1) is 0 Å². The van der Waals surface area contributed by atoms with Gasteiger partial charge in [-0.25, -0.2) is 0 Å². The van der Waals surface area contributed by atoms with Gasteiger partial charge in [0.15, 0.2) is 0 Å². The number of amides is 1. The first-order valence-electron chi connectivity index (χ1n) is 2.52. The van der Waals surface area contributed by atoms with Gasteiger partial charge in [-0.05, 0) is 6.42 Å². The van der Waals surface area contributed by atoms with Crippen LogP contribution < -0.4 is 5.14 Å². The molecule has 1 rings (SSSR count). The van der Waals surface area contributed by atoms with Crippen molar-refractivity contribution in [3.8, 4) is 0 Å². The zero-order valence-corrected chi connectivity index (χ0v) is 5.28. The van der Waals surface area contributed by atoms with Crippen molar-refractivity contribution in [1.29, 1.82) is 0 Å². The van der Waals surface area contributed by atoms with Crippen molar-refractivity contribution in [3.05, 3.63) is 0 Å². The molecular weight excluding hydrogens is 124 g/mol. The first kappa shape index (κ1) is 5.91. The van der Waals surface area contributed by atoms with Gasteiger partial charge >= 0.3 is 0 Å². The molecule has 3 nitrogen and oxygen atoms in total. The molecule has 1 aliphatic heterocycles. The van der Waals surface area contributed by atoms with Crippen molar-refractivity contribution < 1.29 is 4.79 Å². The monoisotopic (exact) mass is 132 g/mol. The summed E-state index contributed by atoms with van der Waals surface area (Å²) in [6.45, 7) is 0.819. The molecule has 4 heteroatoms. The van der Waals surface area contributed by atoms with Crippen LogP contribution in [0.1, 0.15) is 12.8 Å². The quantitative estimate of drug-likeness (QED) is 0.516. The summed E-state index contributed by atoms with van der Waals surface area (Å²) < 4.78 is 1.58. The molecule has 0 unspecified atom stereocenters. The molecule has 1 amide bonds. The minimum absolute atomic E-state index is 0.164. The second kappa shape index (κ2) is 2.37. The summed E-state index contributed by atoms with van der Waals surface area (Å²) in [7, 11) is 0. The molecule has 0 bridgehead atoms. The molecule has 2 N–H and O–H groups in total. The second-order valence-electron chi connectivity index (χ2n) is 1.70. The highest BCUT2D eigenvalue weighted by molar-refractivity contribution is 7.95. The SMILES string of the molecule is NSN1CCCC1=O. The fourth-order valence-electron chi connectivity index (χ4n) is 0.735. The number of carbonyl (C=O) groups is 1. The highest BCUT2D eigenvalue weighted by atomic mass is 32.2. The molecule has 0 aliphatic carbocycles. The Hall–Kier alpha value is -0.220. The van der Waals surface area contributed by atoms with E-state index >= 15 is 0 Å². The third-order valence-electron chi connectivity index (χ3n) is 1.16. The van der Waals surface area contributed by atoms with Gasteiger partial charge in [0, 0.05) is 25.1 Å². The molecule has 0 aromatic heterocycles. The summed E-state index contributed by atoms with van der Waals surface area (Å²) >= 11 is 1.02. The molecule has 0 aromatic rings. The van der Waals surface area contributed by atoms with E-state index in [1.54, 1.807) is 4.31 Å². The van der Waals surface area contributed by atoms with Gasteiger partial charge in [0.25, 0.3) is 0 Å². The molecule has 8 heavy (non-hydrogen) atoms. The standard InChI is InChI=1S/C4H8N2OS/c5-8-6-3-1-2-4(6)7/h1-3,5H2. The third kappa shape index (κ3) is 0.952. The van der Waals surface area contributed by atoms with E-state index in [2.05, 4.69) is 0 Å². The highest BCUT2D eigenvalue weighted by Gasteiger charge is 2.18. The van der Waals surface area contributed by atoms with Crippen LogP contribution in [0.4, 0.5) is 0 Å². The molecule has 0 saturated carbocycles. The third-order valence-corrected chi connectivity index (χ3v) is 1.80. The molecule has 0 atom stereocenters. The van der Waals surface area contributed by atoms with E-state index in [4.69, 9.17) is 5.14 Å². The van der Waals surface area contributed by atoms with Gasteiger partial charge in [-0.1, -0.05) is 0 Å². The van der Waals surface area contributed by atoms with Gasteiger partial charge in [-0.3, -0.25) is 14.2 Å². The molecule has 46 valence electrons. The summed E-state index contributed by atoms with van der Waals surface area (Å²) in [5.74, 6) is 0.164. The van der Waals surface area contributed by atoms with E-state index in [1.807, 2.05) is 0 Å². The maximum absolute atomic E-state index is 10.6. The Morgan fingerprint density at radius 1 is 1.75 bits per heavy atom. The van der Waals surface area contributed by atoms with Gasteiger partial charge in [0.05, 0.1) is 0 Å². The van der Waals surface area contributed by atoms with E-state index in [0.717, 1.165) is 25.1 Å². The van der Waals surface area contributed by atoms with Gasteiger partial charge in [0.2, 0.25) is 5.91 Å². The lowest BCUT2D eigenvalue weighted by Crippen LogP contribution is -2.17. The van der Waals surface area contributed by atoms with Crippen LogP contribution in [0.15, 0.2) is 0 Å². The lowest BCUT2D eigenvalue weighted by Gasteiger charge is -2.07. The van der Waals surface area contributed by atoms with Crippen molar-refractivity contribution in [2.24, 2.45) is 5.14 Å². The zero-order valence-electron chi connectivity index (χ0n) is 4.46. The minimum Gasteiger partial charge on any atom is -0.274 e. The van der Waals surface area contributed by atoms with E-state index < -0.39 is 0 Å². The molecular formula is C4H8N2OS. The fourth-order valence-corrected chi connectivity index (χ4v) is 1.18. The fraction of sp³-hybridized carbons (Fsp3) is 0.750. The normalized spacial score (nSPS) is 20.1. The van der Waals surface area contributed by atoms with Crippen LogP contribution in [0.5, 0.6) is 0 Å². The van der Waals surface area contributed by atoms with Crippen LogP contribution in [-0.2, 0) is 4.79 Å². The second-order valence-corrected chi connectivity index (χ2v) is 2.36. The summed E-state index contributed by atoms with van der Waals surface area (Å²) in [4.78, 5) is 10.6. The number of carbonyl (C=O) groups excluding carboxylic acids is 1. The van der Waals surface area contributed by atoms with Crippen molar-refractivity contribution in [2.75, 3.05) is 6.54 Å². The number of rotatable bonds is 1. The molecule has 0 spiro atoms. The van der Waals surface area contributed by atoms with Gasteiger partial charge in [-0.2, -0.15) is 0 Å². The lowest BCUT2D eigenvalue weighted by molar-refractivity contribution is -0.123. The Labute approximate surface area is 52.5 Å². The number of nitrogens with two attached hydrogens (primary N) is 1. The van der Waals surface area contributed by atoms with E-state index in [-0.39, 0.29) is 5.91 Å². The Kier molecular flexibility index (Phi) is 1.75. The highest BCUT2D eigenvalue weighted by Crippen LogP contribution is 2.14. The van der Waals surface area contributed by atoms with Crippen LogP contribution in [0.3, 0.4) is 0 Å². The molecule has 0 aromatic carbocycles. The smallest absolute Gasteiger partial charge is 0.233 e. The van der Waals surface area contributed by atoms with Gasteiger partial charge in [0.1, 0.15) is 0 Å². The first-order valence-corrected chi connectivity index (χ1v) is 3.35. The van der Waals surface area contributed by atoms with Crippen LogP contribution in [0.25, 0.3) is 0 Å². The summed E-state index contributed by atoms with van der Waals surface area (Å²) in [5.41, 5.74) is 0. The summed E-state index contributed by atoms with van der Waals surface area (Å²) in [6, 6.07) is 0. The molecule has 1 aliphatic rings.